The third-order valence-electron chi connectivity index (χ3n) is 5.18. The summed E-state index contributed by atoms with van der Waals surface area (Å²) in [4.78, 5) is 4.82. The van der Waals surface area contributed by atoms with Crippen LogP contribution in [0, 0.1) is 0 Å². The Morgan fingerprint density at radius 2 is 1.91 bits per heavy atom. The lowest BCUT2D eigenvalue weighted by Gasteiger charge is -2.25. The molecule has 1 fully saturated rings. The lowest BCUT2D eigenvalue weighted by atomic mass is 10.2. The minimum Gasteiger partial charge on any atom is -0.504 e. The molecule has 1 aliphatic heterocycles. The fourth-order valence-corrected chi connectivity index (χ4v) is 5.63. The van der Waals surface area contributed by atoms with Crippen LogP contribution in [0.4, 0.5) is 5.13 Å². The maximum absolute atomic E-state index is 12.8. The number of rotatable bonds is 7. The summed E-state index contributed by atoms with van der Waals surface area (Å²) in [5, 5.41) is 16.3. The van der Waals surface area contributed by atoms with Gasteiger partial charge in [0, 0.05) is 24.0 Å². The van der Waals surface area contributed by atoms with Gasteiger partial charge in [0.2, 0.25) is 15.2 Å². The molecule has 3 aromatic rings. The van der Waals surface area contributed by atoms with Crippen LogP contribution in [-0.2, 0) is 10.0 Å². The highest BCUT2D eigenvalue weighted by molar-refractivity contribution is 7.89. The summed E-state index contributed by atoms with van der Waals surface area (Å²) in [5.74, 6) is 0.438. The maximum atomic E-state index is 12.8. The molecule has 0 spiro atoms. The van der Waals surface area contributed by atoms with Crippen LogP contribution >= 0.6 is 11.3 Å². The smallest absolute Gasteiger partial charge is 0.243 e. The van der Waals surface area contributed by atoms with Gasteiger partial charge >= 0.3 is 0 Å². The first-order valence-corrected chi connectivity index (χ1v) is 12.5. The van der Waals surface area contributed by atoms with E-state index in [0.717, 1.165) is 36.1 Å². The van der Waals surface area contributed by atoms with E-state index in [-0.39, 0.29) is 5.75 Å². The number of hydrogen-bond acceptors (Lipinski definition) is 8. The van der Waals surface area contributed by atoms with Crippen LogP contribution in [0.1, 0.15) is 24.8 Å². The van der Waals surface area contributed by atoms with E-state index in [1.54, 1.807) is 46.9 Å². The summed E-state index contributed by atoms with van der Waals surface area (Å²) in [5.41, 5.74) is 5.21. The zero-order valence-electron chi connectivity index (χ0n) is 17.6. The van der Waals surface area contributed by atoms with E-state index in [1.165, 1.54) is 24.5 Å². The van der Waals surface area contributed by atoms with Gasteiger partial charge in [-0.15, -0.1) is 11.3 Å². The van der Waals surface area contributed by atoms with Crippen molar-refractivity contribution in [3.63, 3.8) is 0 Å². The van der Waals surface area contributed by atoms with Gasteiger partial charge in [-0.25, -0.2) is 13.4 Å². The van der Waals surface area contributed by atoms with E-state index in [4.69, 9.17) is 4.74 Å². The van der Waals surface area contributed by atoms with Crippen molar-refractivity contribution in [2.24, 2.45) is 5.10 Å². The Labute approximate surface area is 191 Å². The topological polar surface area (TPSA) is 104 Å². The number of anilines is 1. The van der Waals surface area contributed by atoms with E-state index < -0.39 is 10.0 Å². The van der Waals surface area contributed by atoms with Crippen LogP contribution < -0.4 is 10.2 Å². The lowest BCUT2D eigenvalue weighted by molar-refractivity contribution is 0.346. The van der Waals surface area contributed by atoms with E-state index >= 15 is 0 Å². The van der Waals surface area contributed by atoms with Crippen LogP contribution in [-0.4, -0.2) is 49.2 Å². The molecule has 0 aliphatic carbocycles. The van der Waals surface area contributed by atoms with Gasteiger partial charge in [0.25, 0.3) is 0 Å². The Kier molecular flexibility index (Phi) is 6.73. The molecule has 2 N–H and O–H groups in total. The summed E-state index contributed by atoms with van der Waals surface area (Å²) < 4.78 is 32.2. The van der Waals surface area contributed by atoms with Crippen molar-refractivity contribution in [3.8, 4) is 22.8 Å². The predicted molar refractivity (Wildman–Crippen MR) is 126 cm³/mol. The number of hydrogen-bond donors (Lipinski definition) is 2. The van der Waals surface area contributed by atoms with Crippen molar-refractivity contribution in [2.45, 2.75) is 24.2 Å². The first kappa shape index (κ1) is 22.3. The van der Waals surface area contributed by atoms with E-state index in [9.17, 15) is 13.5 Å². The number of ether oxygens (including phenoxy) is 1. The Balaban J connectivity index is 1.42. The number of sulfonamides is 1. The normalized spacial score (nSPS) is 15.2. The van der Waals surface area contributed by atoms with Gasteiger partial charge in [0.1, 0.15) is 0 Å². The number of methoxy groups -OCH3 is 1. The Hall–Kier alpha value is -2.95. The second-order valence-electron chi connectivity index (χ2n) is 7.33. The van der Waals surface area contributed by atoms with Gasteiger partial charge in [0.05, 0.1) is 23.9 Å². The van der Waals surface area contributed by atoms with Crippen LogP contribution in [0.2, 0.25) is 0 Å². The van der Waals surface area contributed by atoms with E-state index in [2.05, 4.69) is 15.5 Å². The molecule has 1 aromatic heterocycles. The average Bonchev–Trinajstić information content (AvgIpc) is 3.30. The lowest BCUT2D eigenvalue weighted by Crippen LogP contribution is -2.35. The molecule has 1 aliphatic rings. The zero-order valence-corrected chi connectivity index (χ0v) is 19.2. The predicted octanol–water partition coefficient (Wildman–Crippen LogP) is 4.14. The molecule has 2 heterocycles. The fourth-order valence-electron chi connectivity index (χ4n) is 3.45. The Bertz CT molecular complexity index is 1200. The monoisotopic (exact) mass is 472 g/mol. The summed E-state index contributed by atoms with van der Waals surface area (Å²) in [6, 6.07) is 11.8. The summed E-state index contributed by atoms with van der Waals surface area (Å²) in [6.45, 7) is 1.17. The number of nitrogens with zero attached hydrogens (tertiary/aromatic N) is 3. The Morgan fingerprint density at radius 1 is 1.16 bits per heavy atom. The standard InChI is InChI=1S/C22H24N4O4S2/c1-30-21-13-16(5-10-20(21)27)14-23-25-22-24-19(15-31-22)17-6-8-18(9-7-17)32(28,29)26-11-3-2-4-12-26/h5-10,13-15,27H,2-4,11-12H2,1H3,(H,24,25)/b23-14+. The Morgan fingerprint density at radius 3 is 2.62 bits per heavy atom. The SMILES string of the molecule is COc1cc(/C=N/Nc2nc(-c3ccc(S(=O)(=O)N4CCCCC4)cc3)cs2)ccc1O. The van der Waals surface area contributed by atoms with Gasteiger partial charge in [-0.2, -0.15) is 9.41 Å². The molecule has 32 heavy (non-hydrogen) atoms. The largest absolute Gasteiger partial charge is 0.504 e. The molecule has 0 atom stereocenters. The van der Waals surface area contributed by atoms with Crippen molar-refractivity contribution in [1.82, 2.24) is 9.29 Å². The van der Waals surface area contributed by atoms with Crippen molar-refractivity contribution in [1.29, 1.82) is 0 Å². The van der Waals surface area contributed by atoms with E-state index in [1.807, 2.05) is 5.38 Å². The van der Waals surface area contributed by atoms with Crippen molar-refractivity contribution >= 4 is 32.7 Å². The van der Waals surface area contributed by atoms with Crippen molar-refractivity contribution in [2.75, 3.05) is 25.6 Å². The molecular formula is C22H24N4O4S2. The number of aromatic nitrogens is 1. The van der Waals surface area contributed by atoms with Crippen LogP contribution in [0.3, 0.4) is 0 Å². The molecule has 0 bridgehead atoms. The minimum absolute atomic E-state index is 0.0666. The summed E-state index contributed by atoms with van der Waals surface area (Å²) >= 11 is 1.39. The van der Waals surface area contributed by atoms with E-state index in [0.29, 0.717) is 28.9 Å². The number of piperidine rings is 1. The molecule has 2 aromatic carbocycles. The number of hydrazone groups is 1. The second kappa shape index (κ2) is 9.68. The van der Waals surface area contributed by atoms with Gasteiger partial charge in [-0.3, -0.25) is 5.43 Å². The number of benzene rings is 2. The number of thiazole rings is 1. The van der Waals surface area contributed by atoms with Crippen molar-refractivity contribution in [3.05, 3.63) is 53.4 Å². The van der Waals surface area contributed by atoms with Gasteiger partial charge in [0.15, 0.2) is 11.5 Å². The van der Waals surface area contributed by atoms with Gasteiger partial charge in [-0.05, 0) is 48.7 Å². The van der Waals surface area contributed by atoms with Crippen LogP contribution in [0.5, 0.6) is 11.5 Å². The first-order valence-electron chi connectivity index (χ1n) is 10.2. The molecule has 168 valence electrons. The van der Waals surface area contributed by atoms with Gasteiger partial charge < -0.3 is 9.84 Å². The number of phenolic OH excluding ortho intramolecular Hbond substituents is 1. The molecular weight excluding hydrogens is 448 g/mol. The molecule has 1 saturated heterocycles. The van der Waals surface area contributed by atoms with Crippen LogP contribution in [0.15, 0.2) is 57.8 Å². The summed E-state index contributed by atoms with van der Waals surface area (Å²) in [7, 11) is -1.96. The highest BCUT2D eigenvalue weighted by Gasteiger charge is 2.25. The molecule has 0 radical (unpaired) electrons. The number of nitrogens with one attached hydrogen (secondary N) is 1. The highest BCUT2D eigenvalue weighted by atomic mass is 32.2. The molecule has 8 nitrogen and oxygen atoms in total. The maximum Gasteiger partial charge on any atom is 0.243 e. The molecule has 4 rings (SSSR count). The quantitative estimate of drug-likeness (QED) is 0.396. The molecule has 0 saturated carbocycles. The highest BCUT2D eigenvalue weighted by Crippen LogP contribution is 2.28. The summed E-state index contributed by atoms with van der Waals surface area (Å²) in [6.07, 6.45) is 4.50. The zero-order chi connectivity index (χ0) is 22.6. The third-order valence-corrected chi connectivity index (χ3v) is 7.84. The second-order valence-corrected chi connectivity index (χ2v) is 10.1. The first-order chi connectivity index (χ1) is 15.5. The molecule has 0 unspecified atom stereocenters. The van der Waals surface area contributed by atoms with Gasteiger partial charge in [-0.1, -0.05) is 18.6 Å². The van der Waals surface area contributed by atoms with Crippen LogP contribution in [0.25, 0.3) is 11.3 Å². The average molecular weight is 473 g/mol. The molecule has 0 amide bonds. The third kappa shape index (κ3) is 4.93. The number of aromatic hydroxyl groups is 1. The fraction of sp³-hybridized carbons (Fsp3) is 0.273. The molecule has 10 heteroatoms. The minimum atomic E-state index is -3.44. The number of phenols is 1. The van der Waals surface area contributed by atoms with Crippen molar-refractivity contribution < 1.29 is 18.3 Å².